The van der Waals surface area contributed by atoms with E-state index in [4.69, 9.17) is 10.5 Å². The molecule has 3 unspecified atom stereocenters. The van der Waals surface area contributed by atoms with Crippen molar-refractivity contribution in [2.24, 2.45) is 17.6 Å². The van der Waals surface area contributed by atoms with E-state index in [1.807, 2.05) is 18.2 Å². The van der Waals surface area contributed by atoms with Gasteiger partial charge < -0.3 is 15.8 Å². The van der Waals surface area contributed by atoms with Gasteiger partial charge in [-0.3, -0.25) is 4.79 Å². The van der Waals surface area contributed by atoms with Crippen LogP contribution >= 0.6 is 0 Å². The molecule has 96 valence electrons. The number of benzene rings is 1. The second-order valence-electron chi connectivity index (χ2n) is 5.33. The SMILES string of the molecule is CC1COc2ccccc2C12CNCC2C(N)=O. The molecule has 2 aliphatic heterocycles. The van der Waals surface area contributed by atoms with E-state index >= 15 is 0 Å². The molecule has 0 saturated carbocycles. The van der Waals surface area contributed by atoms with E-state index in [1.165, 1.54) is 0 Å². The van der Waals surface area contributed by atoms with Gasteiger partial charge in [0.05, 0.1) is 12.5 Å². The van der Waals surface area contributed by atoms with Crippen LogP contribution in [0.4, 0.5) is 0 Å². The van der Waals surface area contributed by atoms with Gasteiger partial charge in [0, 0.05) is 30.0 Å². The highest BCUT2D eigenvalue weighted by molar-refractivity contribution is 5.80. The quantitative estimate of drug-likeness (QED) is 0.765. The summed E-state index contributed by atoms with van der Waals surface area (Å²) < 4.78 is 5.77. The van der Waals surface area contributed by atoms with Gasteiger partial charge in [-0.05, 0) is 6.07 Å². The summed E-state index contributed by atoms with van der Waals surface area (Å²) in [4.78, 5) is 11.8. The minimum absolute atomic E-state index is 0.155. The first kappa shape index (κ1) is 11.5. The first-order valence-corrected chi connectivity index (χ1v) is 6.38. The molecule has 18 heavy (non-hydrogen) atoms. The van der Waals surface area contributed by atoms with Crippen molar-refractivity contribution in [2.45, 2.75) is 12.3 Å². The van der Waals surface area contributed by atoms with E-state index in [-0.39, 0.29) is 23.2 Å². The second kappa shape index (κ2) is 3.99. The highest BCUT2D eigenvalue weighted by Crippen LogP contribution is 2.48. The first-order valence-electron chi connectivity index (χ1n) is 6.38. The molecule has 0 aromatic heterocycles. The van der Waals surface area contributed by atoms with E-state index in [2.05, 4.69) is 18.3 Å². The zero-order valence-electron chi connectivity index (χ0n) is 10.5. The van der Waals surface area contributed by atoms with Crippen LogP contribution in [0.3, 0.4) is 0 Å². The molecule has 0 radical (unpaired) electrons. The summed E-state index contributed by atoms with van der Waals surface area (Å²) in [5, 5.41) is 3.33. The van der Waals surface area contributed by atoms with Gasteiger partial charge in [-0.1, -0.05) is 25.1 Å². The van der Waals surface area contributed by atoms with Crippen LogP contribution in [0.5, 0.6) is 5.75 Å². The maximum atomic E-state index is 11.8. The zero-order chi connectivity index (χ0) is 12.8. The molecule has 1 fully saturated rings. The third-order valence-corrected chi connectivity index (χ3v) is 4.49. The average molecular weight is 246 g/mol. The molecule has 2 heterocycles. The highest BCUT2D eigenvalue weighted by atomic mass is 16.5. The number of hydrogen-bond acceptors (Lipinski definition) is 3. The van der Waals surface area contributed by atoms with Crippen molar-refractivity contribution in [1.82, 2.24) is 5.32 Å². The number of carbonyl (C=O) groups is 1. The smallest absolute Gasteiger partial charge is 0.222 e. The third kappa shape index (κ3) is 1.38. The van der Waals surface area contributed by atoms with Crippen molar-refractivity contribution in [3.05, 3.63) is 29.8 Å². The number of carbonyl (C=O) groups excluding carboxylic acids is 1. The summed E-state index contributed by atoms with van der Waals surface area (Å²) >= 11 is 0. The molecule has 1 spiro atoms. The van der Waals surface area contributed by atoms with E-state index in [1.54, 1.807) is 0 Å². The lowest BCUT2D eigenvalue weighted by molar-refractivity contribution is -0.124. The topological polar surface area (TPSA) is 64.3 Å². The molecule has 3 rings (SSSR count). The van der Waals surface area contributed by atoms with Crippen molar-refractivity contribution in [1.29, 1.82) is 0 Å². The van der Waals surface area contributed by atoms with Crippen molar-refractivity contribution in [3.8, 4) is 5.75 Å². The van der Waals surface area contributed by atoms with Crippen LogP contribution in [0.25, 0.3) is 0 Å². The summed E-state index contributed by atoms with van der Waals surface area (Å²) in [6.07, 6.45) is 0. The Morgan fingerprint density at radius 3 is 3.06 bits per heavy atom. The van der Waals surface area contributed by atoms with Gasteiger partial charge in [-0.2, -0.15) is 0 Å². The standard InChI is InChI=1S/C14H18N2O2/c1-9-7-18-12-5-3-2-4-10(12)14(9)8-16-6-11(14)13(15)17/h2-5,9,11,16H,6-8H2,1H3,(H2,15,17). The molecular formula is C14H18N2O2. The van der Waals surface area contributed by atoms with Crippen LogP contribution < -0.4 is 15.8 Å². The summed E-state index contributed by atoms with van der Waals surface area (Å²) in [6, 6.07) is 8.00. The van der Waals surface area contributed by atoms with Gasteiger partial charge in [-0.25, -0.2) is 0 Å². The highest BCUT2D eigenvalue weighted by Gasteiger charge is 2.53. The summed E-state index contributed by atoms with van der Waals surface area (Å²) in [5.41, 5.74) is 6.52. The molecule has 4 heteroatoms. The Morgan fingerprint density at radius 1 is 1.50 bits per heavy atom. The van der Waals surface area contributed by atoms with E-state index in [0.29, 0.717) is 13.2 Å². The number of rotatable bonds is 1. The molecule has 2 aliphatic rings. The Kier molecular flexibility index (Phi) is 2.55. The fraction of sp³-hybridized carbons (Fsp3) is 0.500. The minimum Gasteiger partial charge on any atom is -0.493 e. The number of nitrogens with two attached hydrogens (primary N) is 1. The van der Waals surface area contributed by atoms with Crippen LogP contribution in [0.1, 0.15) is 12.5 Å². The maximum absolute atomic E-state index is 11.8. The average Bonchev–Trinajstić information content (AvgIpc) is 2.80. The monoisotopic (exact) mass is 246 g/mol. The van der Waals surface area contributed by atoms with Gasteiger partial charge in [0.1, 0.15) is 5.75 Å². The van der Waals surface area contributed by atoms with Crippen molar-refractivity contribution >= 4 is 5.91 Å². The number of ether oxygens (including phenoxy) is 1. The Hall–Kier alpha value is -1.55. The van der Waals surface area contributed by atoms with Crippen LogP contribution in [-0.4, -0.2) is 25.6 Å². The largest absolute Gasteiger partial charge is 0.493 e. The molecule has 1 amide bonds. The zero-order valence-corrected chi connectivity index (χ0v) is 10.5. The molecule has 1 saturated heterocycles. The van der Waals surface area contributed by atoms with Gasteiger partial charge in [-0.15, -0.1) is 0 Å². The summed E-state index contributed by atoms with van der Waals surface area (Å²) in [5.74, 6) is 0.798. The Labute approximate surface area is 107 Å². The first-order chi connectivity index (χ1) is 8.66. The van der Waals surface area contributed by atoms with Crippen LogP contribution in [0.15, 0.2) is 24.3 Å². The Morgan fingerprint density at radius 2 is 2.28 bits per heavy atom. The molecule has 0 bridgehead atoms. The van der Waals surface area contributed by atoms with Gasteiger partial charge in [0.25, 0.3) is 0 Å². The molecule has 4 nitrogen and oxygen atoms in total. The van der Waals surface area contributed by atoms with Gasteiger partial charge in [0.15, 0.2) is 0 Å². The lowest BCUT2D eigenvalue weighted by Crippen LogP contribution is -2.50. The fourth-order valence-corrected chi connectivity index (χ4v) is 3.49. The lowest BCUT2D eigenvalue weighted by atomic mass is 9.63. The maximum Gasteiger partial charge on any atom is 0.222 e. The number of para-hydroxylation sites is 1. The predicted octanol–water partition coefficient (Wildman–Crippen LogP) is 0.658. The van der Waals surface area contributed by atoms with Gasteiger partial charge >= 0.3 is 0 Å². The molecule has 1 aromatic carbocycles. The Bertz CT molecular complexity index is 488. The number of amides is 1. The van der Waals surface area contributed by atoms with Crippen molar-refractivity contribution in [3.63, 3.8) is 0 Å². The predicted molar refractivity (Wildman–Crippen MR) is 68.3 cm³/mol. The molecule has 0 aliphatic carbocycles. The lowest BCUT2D eigenvalue weighted by Gasteiger charge is -2.43. The second-order valence-corrected chi connectivity index (χ2v) is 5.33. The minimum atomic E-state index is -0.219. The summed E-state index contributed by atoms with van der Waals surface area (Å²) in [6.45, 7) is 4.23. The van der Waals surface area contributed by atoms with Crippen LogP contribution in [-0.2, 0) is 10.2 Å². The van der Waals surface area contributed by atoms with E-state index in [9.17, 15) is 4.79 Å². The van der Waals surface area contributed by atoms with Crippen LogP contribution in [0, 0.1) is 11.8 Å². The normalized spacial score (nSPS) is 34.1. The molecule has 3 N–H and O–H groups in total. The molecular weight excluding hydrogens is 228 g/mol. The third-order valence-electron chi connectivity index (χ3n) is 4.49. The van der Waals surface area contributed by atoms with E-state index < -0.39 is 0 Å². The fourth-order valence-electron chi connectivity index (χ4n) is 3.49. The van der Waals surface area contributed by atoms with Gasteiger partial charge in [0.2, 0.25) is 5.91 Å². The number of hydrogen-bond donors (Lipinski definition) is 2. The van der Waals surface area contributed by atoms with Crippen molar-refractivity contribution in [2.75, 3.05) is 19.7 Å². The van der Waals surface area contributed by atoms with Crippen LogP contribution in [0.2, 0.25) is 0 Å². The molecule has 1 aromatic rings. The number of nitrogens with one attached hydrogen (secondary N) is 1. The summed E-state index contributed by atoms with van der Waals surface area (Å²) in [7, 11) is 0. The number of primary amides is 1. The molecule has 3 atom stereocenters. The number of fused-ring (bicyclic) bond motifs is 2. The van der Waals surface area contributed by atoms with Crippen molar-refractivity contribution < 1.29 is 9.53 Å². The Balaban J connectivity index is 2.17. The van der Waals surface area contributed by atoms with E-state index in [0.717, 1.165) is 17.9 Å².